The van der Waals surface area contributed by atoms with Gasteiger partial charge in [0.25, 0.3) is 5.91 Å². The zero-order valence-corrected chi connectivity index (χ0v) is 19.8. The topological polar surface area (TPSA) is 177 Å². The molecule has 0 bridgehead atoms. The molecule has 184 valence electrons. The van der Waals surface area contributed by atoms with Crippen molar-refractivity contribution in [1.29, 1.82) is 10.7 Å². The number of carbonyl (C=O) groups excluding carboxylic acids is 2. The quantitative estimate of drug-likeness (QED) is 0.349. The maximum Gasteiger partial charge on any atom is 0.254 e. The number of aromatic nitrogens is 3. The van der Waals surface area contributed by atoms with Gasteiger partial charge in [0.2, 0.25) is 11.9 Å². The summed E-state index contributed by atoms with van der Waals surface area (Å²) in [6.07, 6.45) is 5.67. The minimum atomic E-state index is -0.726. The number of likely N-dealkylation sites (N-methyl/N-ethyl adjacent to an activating group) is 1. The lowest BCUT2D eigenvalue weighted by Gasteiger charge is -2.27. The van der Waals surface area contributed by atoms with E-state index in [9.17, 15) is 9.59 Å². The van der Waals surface area contributed by atoms with E-state index >= 15 is 0 Å². The Labute approximate surface area is 204 Å². The summed E-state index contributed by atoms with van der Waals surface area (Å²) in [7, 11) is 0. The van der Waals surface area contributed by atoms with Crippen LogP contribution in [0.2, 0.25) is 0 Å². The zero-order valence-electron chi connectivity index (χ0n) is 19.8. The SMILES string of the molecule is CCN(CCNC(=O)CC#N)c1ccc(Nc2nc(N3CCCCC3)nc(C=N)c2C(N)=O)cn1. The molecule has 1 fully saturated rings. The van der Waals surface area contributed by atoms with Crippen LogP contribution in [0.4, 0.5) is 23.3 Å². The van der Waals surface area contributed by atoms with Crippen molar-refractivity contribution >= 4 is 41.3 Å². The summed E-state index contributed by atoms with van der Waals surface area (Å²) in [5.41, 5.74) is 6.40. The number of nitrogens with one attached hydrogen (secondary N) is 3. The molecule has 0 spiro atoms. The van der Waals surface area contributed by atoms with Gasteiger partial charge in [-0.05, 0) is 38.3 Å². The molecule has 1 saturated heterocycles. The van der Waals surface area contributed by atoms with Crippen LogP contribution in [-0.2, 0) is 4.79 Å². The molecular weight excluding hydrogens is 448 g/mol. The number of piperidine rings is 1. The molecule has 12 heteroatoms. The molecule has 35 heavy (non-hydrogen) atoms. The van der Waals surface area contributed by atoms with Gasteiger partial charge in [0.1, 0.15) is 29.3 Å². The Balaban J connectivity index is 1.78. The predicted octanol–water partition coefficient (Wildman–Crippen LogP) is 1.56. The van der Waals surface area contributed by atoms with Crippen molar-refractivity contribution in [3.63, 3.8) is 0 Å². The fourth-order valence-electron chi connectivity index (χ4n) is 3.82. The number of amides is 2. The highest BCUT2D eigenvalue weighted by Gasteiger charge is 2.22. The van der Waals surface area contributed by atoms with E-state index in [-0.39, 0.29) is 29.4 Å². The first-order chi connectivity index (χ1) is 17.0. The molecule has 2 aromatic heterocycles. The Morgan fingerprint density at radius 2 is 2.06 bits per heavy atom. The predicted molar refractivity (Wildman–Crippen MR) is 133 cm³/mol. The largest absolute Gasteiger partial charge is 0.365 e. The number of carbonyl (C=O) groups is 2. The van der Waals surface area contributed by atoms with Gasteiger partial charge in [0, 0.05) is 38.9 Å². The summed E-state index contributed by atoms with van der Waals surface area (Å²) in [6.45, 7) is 5.21. The van der Waals surface area contributed by atoms with Crippen molar-refractivity contribution in [3.05, 3.63) is 29.6 Å². The zero-order chi connectivity index (χ0) is 25.2. The number of primary amides is 1. The summed E-state index contributed by atoms with van der Waals surface area (Å²) in [5.74, 6) is 0.361. The maximum atomic E-state index is 12.2. The van der Waals surface area contributed by atoms with Gasteiger partial charge in [-0.25, -0.2) is 9.97 Å². The highest BCUT2D eigenvalue weighted by Crippen LogP contribution is 2.25. The number of hydrogen-bond acceptors (Lipinski definition) is 10. The minimum Gasteiger partial charge on any atom is -0.365 e. The highest BCUT2D eigenvalue weighted by molar-refractivity contribution is 6.04. The van der Waals surface area contributed by atoms with Crippen molar-refractivity contribution < 1.29 is 9.59 Å². The average molecular weight is 479 g/mol. The van der Waals surface area contributed by atoms with E-state index < -0.39 is 5.91 Å². The lowest BCUT2D eigenvalue weighted by atomic mass is 10.1. The van der Waals surface area contributed by atoms with E-state index in [0.29, 0.717) is 37.1 Å². The van der Waals surface area contributed by atoms with Gasteiger partial charge in [0.05, 0.1) is 18.0 Å². The van der Waals surface area contributed by atoms with E-state index in [4.69, 9.17) is 16.4 Å². The molecule has 0 aliphatic carbocycles. The normalized spacial score (nSPS) is 13.0. The van der Waals surface area contributed by atoms with Gasteiger partial charge in [-0.1, -0.05) is 0 Å². The van der Waals surface area contributed by atoms with Crippen molar-refractivity contribution in [1.82, 2.24) is 20.3 Å². The molecule has 0 atom stereocenters. The number of hydrogen-bond donors (Lipinski definition) is 4. The fraction of sp³-hybridized carbons (Fsp3) is 0.435. The fourth-order valence-corrected chi connectivity index (χ4v) is 3.82. The first kappa shape index (κ1) is 25.4. The maximum absolute atomic E-state index is 12.2. The molecule has 0 unspecified atom stereocenters. The van der Waals surface area contributed by atoms with Crippen LogP contribution in [0.15, 0.2) is 18.3 Å². The van der Waals surface area contributed by atoms with Crippen LogP contribution in [0.5, 0.6) is 0 Å². The van der Waals surface area contributed by atoms with Crippen LogP contribution in [0.25, 0.3) is 0 Å². The first-order valence-corrected chi connectivity index (χ1v) is 11.6. The van der Waals surface area contributed by atoms with Gasteiger partial charge in [-0.2, -0.15) is 10.2 Å². The molecule has 0 aromatic carbocycles. The third-order valence-electron chi connectivity index (χ3n) is 5.61. The Kier molecular flexibility index (Phi) is 8.89. The van der Waals surface area contributed by atoms with Gasteiger partial charge in [-0.3, -0.25) is 9.59 Å². The summed E-state index contributed by atoms with van der Waals surface area (Å²) in [5, 5.41) is 22.1. The molecule has 5 N–H and O–H groups in total. The average Bonchev–Trinajstić information content (AvgIpc) is 2.87. The lowest BCUT2D eigenvalue weighted by molar-refractivity contribution is -0.120. The van der Waals surface area contributed by atoms with Crippen molar-refractivity contribution in [2.24, 2.45) is 5.73 Å². The molecule has 3 rings (SSSR count). The number of nitrogens with zero attached hydrogens (tertiary/aromatic N) is 6. The van der Waals surface area contributed by atoms with E-state index in [1.54, 1.807) is 12.3 Å². The Morgan fingerprint density at radius 1 is 1.29 bits per heavy atom. The summed E-state index contributed by atoms with van der Waals surface area (Å²) < 4.78 is 0. The van der Waals surface area contributed by atoms with E-state index in [2.05, 4.69) is 25.6 Å². The van der Waals surface area contributed by atoms with Crippen LogP contribution >= 0.6 is 0 Å². The van der Waals surface area contributed by atoms with Gasteiger partial charge >= 0.3 is 0 Å². The monoisotopic (exact) mass is 478 g/mol. The molecule has 2 aromatic rings. The molecule has 0 saturated carbocycles. The molecule has 3 heterocycles. The number of nitrogens with two attached hydrogens (primary N) is 1. The second kappa shape index (κ2) is 12.3. The van der Waals surface area contributed by atoms with E-state index in [1.807, 2.05) is 28.9 Å². The number of pyridine rings is 1. The van der Waals surface area contributed by atoms with E-state index in [0.717, 1.165) is 38.6 Å². The number of nitriles is 1. The lowest BCUT2D eigenvalue weighted by Crippen LogP contribution is -2.35. The first-order valence-electron chi connectivity index (χ1n) is 11.6. The molecule has 2 amide bonds. The van der Waals surface area contributed by atoms with Gasteiger partial charge in [-0.15, -0.1) is 0 Å². The summed E-state index contributed by atoms with van der Waals surface area (Å²) in [4.78, 5) is 41.1. The van der Waals surface area contributed by atoms with Crippen LogP contribution in [-0.4, -0.2) is 65.7 Å². The van der Waals surface area contributed by atoms with Gasteiger partial charge in [0.15, 0.2) is 0 Å². The van der Waals surface area contributed by atoms with Crippen LogP contribution < -0.4 is 26.2 Å². The number of rotatable bonds is 11. The highest BCUT2D eigenvalue weighted by atomic mass is 16.1. The molecule has 1 aliphatic heterocycles. The Bertz CT molecular complexity index is 1090. The van der Waals surface area contributed by atoms with Gasteiger partial charge < -0.3 is 31.6 Å². The summed E-state index contributed by atoms with van der Waals surface area (Å²) >= 11 is 0. The third-order valence-corrected chi connectivity index (χ3v) is 5.61. The van der Waals surface area contributed by atoms with Crippen molar-refractivity contribution in [3.8, 4) is 6.07 Å². The summed E-state index contributed by atoms with van der Waals surface area (Å²) in [6, 6.07) is 5.44. The molecular formula is C23H30N10O2. The number of anilines is 4. The minimum absolute atomic E-state index is 0.0492. The van der Waals surface area contributed by atoms with Crippen LogP contribution in [0.3, 0.4) is 0 Å². The molecule has 12 nitrogen and oxygen atoms in total. The van der Waals surface area contributed by atoms with E-state index in [1.165, 1.54) is 0 Å². The second-order valence-electron chi connectivity index (χ2n) is 7.98. The second-order valence-corrected chi connectivity index (χ2v) is 7.98. The van der Waals surface area contributed by atoms with Crippen molar-refractivity contribution in [2.75, 3.05) is 47.8 Å². The molecule has 0 radical (unpaired) electrons. The standard InChI is InChI=1S/C23H30N10O2/c1-2-32(13-10-27-19(34)8-9-24)18-7-6-16(15-28-18)29-22-20(21(26)35)17(14-25)30-23(31-22)33-11-4-3-5-12-33/h6-7,14-15,25H,2-5,8,10-13H2,1H3,(H2,26,35)(H,27,34)(H,29,30,31). The van der Waals surface area contributed by atoms with Crippen LogP contribution in [0.1, 0.15) is 48.7 Å². The third kappa shape index (κ3) is 6.63. The smallest absolute Gasteiger partial charge is 0.254 e. The Hall–Kier alpha value is -4.27. The van der Waals surface area contributed by atoms with Crippen molar-refractivity contribution in [2.45, 2.75) is 32.6 Å². The Morgan fingerprint density at radius 3 is 2.66 bits per heavy atom. The van der Waals surface area contributed by atoms with Crippen LogP contribution in [0, 0.1) is 16.7 Å². The molecule has 1 aliphatic rings.